The second kappa shape index (κ2) is 4.76. The van der Waals surface area contributed by atoms with Crippen LogP contribution in [0.1, 0.15) is 12.8 Å². The van der Waals surface area contributed by atoms with Gasteiger partial charge in [-0.05, 0) is 31.3 Å². The highest BCUT2D eigenvalue weighted by atomic mass is 16.7. The quantitative estimate of drug-likeness (QED) is 0.703. The number of carbonyl (C=O) groups excluding carboxylic acids is 1. The van der Waals surface area contributed by atoms with Crippen LogP contribution in [0.25, 0.3) is 0 Å². The van der Waals surface area contributed by atoms with Crippen molar-refractivity contribution in [2.24, 2.45) is 17.0 Å². The van der Waals surface area contributed by atoms with Crippen molar-refractivity contribution in [2.75, 3.05) is 33.3 Å². The summed E-state index contributed by atoms with van der Waals surface area (Å²) in [4.78, 5) is 19.4. The van der Waals surface area contributed by atoms with E-state index in [1.807, 2.05) is 4.90 Å². The summed E-state index contributed by atoms with van der Waals surface area (Å²) >= 11 is 0. The van der Waals surface area contributed by atoms with Crippen LogP contribution < -0.4 is 5.32 Å². The first-order valence-corrected chi connectivity index (χ1v) is 6.52. The van der Waals surface area contributed by atoms with Crippen molar-refractivity contribution in [3.05, 3.63) is 0 Å². The Kier molecular flexibility index (Phi) is 3.11. The molecule has 0 aromatic heterocycles. The summed E-state index contributed by atoms with van der Waals surface area (Å²) in [7, 11) is 1.55. The molecule has 0 aromatic carbocycles. The first kappa shape index (κ1) is 11.8. The van der Waals surface area contributed by atoms with E-state index in [2.05, 4.69) is 10.5 Å². The molecule has 3 atom stereocenters. The molecule has 18 heavy (non-hydrogen) atoms. The molecule has 0 aromatic rings. The van der Waals surface area contributed by atoms with Gasteiger partial charge in [-0.1, -0.05) is 5.16 Å². The van der Waals surface area contributed by atoms with Gasteiger partial charge in [-0.15, -0.1) is 0 Å². The van der Waals surface area contributed by atoms with Gasteiger partial charge in [0.05, 0.1) is 13.5 Å². The molecule has 0 aliphatic carbocycles. The lowest BCUT2D eigenvalue weighted by Gasteiger charge is -2.42. The molecular weight excluding hydrogens is 234 g/mol. The van der Waals surface area contributed by atoms with Crippen LogP contribution >= 0.6 is 0 Å². The summed E-state index contributed by atoms with van der Waals surface area (Å²) in [6, 6.07) is 0. The summed E-state index contributed by atoms with van der Waals surface area (Å²) < 4.78 is 5.00. The van der Waals surface area contributed by atoms with Crippen LogP contribution in [0.15, 0.2) is 5.16 Å². The van der Waals surface area contributed by atoms with Gasteiger partial charge in [0, 0.05) is 13.1 Å². The van der Waals surface area contributed by atoms with Crippen molar-refractivity contribution in [3.8, 4) is 0 Å². The number of oxime groups is 1. The Morgan fingerprint density at radius 3 is 2.78 bits per heavy atom. The van der Waals surface area contributed by atoms with E-state index in [-0.39, 0.29) is 5.91 Å². The molecule has 3 rings (SSSR count). The van der Waals surface area contributed by atoms with E-state index in [1.165, 1.54) is 6.42 Å². The molecule has 3 heterocycles. The number of likely N-dealkylation sites (tertiary alicyclic amines) is 1. The minimum absolute atomic E-state index is 0.0578. The molecule has 3 unspecified atom stereocenters. The van der Waals surface area contributed by atoms with Crippen LogP contribution in [0.2, 0.25) is 0 Å². The molecule has 2 fully saturated rings. The standard InChI is InChI=1S/C12H19N3O3/c1-17-11-3-10(18-14-11)12(16)15-6-8-2-9(7-15)5-13-4-8/h8-10,13H,2-7H2,1H3. The highest BCUT2D eigenvalue weighted by Gasteiger charge is 2.38. The predicted molar refractivity (Wildman–Crippen MR) is 65.0 cm³/mol. The van der Waals surface area contributed by atoms with Gasteiger partial charge in [-0.25, -0.2) is 0 Å². The molecular formula is C12H19N3O3. The number of nitrogens with zero attached hydrogens (tertiary/aromatic N) is 2. The lowest BCUT2D eigenvalue weighted by Crippen LogP contribution is -2.54. The number of ether oxygens (including phenoxy) is 1. The second-order valence-corrected chi connectivity index (χ2v) is 5.36. The highest BCUT2D eigenvalue weighted by molar-refractivity contribution is 5.89. The Hall–Kier alpha value is -1.30. The molecule has 3 aliphatic rings. The van der Waals surface area contributed by atoms with E-state index in [9.17, 15) is 4.79 Å². The van der Waals surface area contributed by atoms with Gasteiger partial charge in [-0.3, -0.25) is 4.79 Å². The van der Waals surface area contributed by atoms with E-state index in [4.69, 9.17) is 9.57 Å². The number of amides is 1. The van der Waals surface area contributed by atoms with E-state index >= 15 is 0 Å². The minimum atomic E-state index is -0.480. The van der Waals surface area contributed by atoms with Crippen LogP contribution in [0.3, 0.4) is 0 Å². The Morgan fingerprint density at radius 1 is 1.44 bits per heavy atom. The van der Waals surface area contributed by atoms with Gasteiger partial charge in [0.15, 0.2) is 0 Å². The zero-order valence-corrected chi connectivity index (χ0v) is 10.6. The van der Waals surface area contributed by atoms with Crippen molar-refractivity contribution in [3.63, 3.8) is 0 Å². The molecule has 1 amide bonds. The topological polar surface area (TPSA) is 63.2 Å². The molecule has 1 N–H and O–H groups in total. The monoisotopic (exact) mass is 253 g/mol. The van der Waals surface area contributed by atoms with Crippen molar-refractivity contribution in [1.29, 1.82) is 0 Å². The first-order valence-electron chi connectivity index (χ1n) is 6.52. The van der Waals surface area contributed by atoms with Crippen molar-refractivity contribution in [1.82, 2.24) is 10.2 Å². The largest absolute Gasteiger partial charge is 0.482 e. The summed E-state index contributed by atoms with van der Waals surface area (Å²) in [6.45, 7) is 3.71. The summed E-state index contributed by atoms with van der Waals surface area (Å²) in [5.74, 6) is 1.74. The van der Waals surface area contributed by atoms with Gasteiger partial charge in [-0.2, -0.15) is 0 Å². The Labute approximate surface area is 106 Å². The van der Waals surface area contributed by atoms with Gasteiger partial charge < -0.3 is 19.8 Å². The fourth-order valence-electron chi connectivity index (χ4n) is 3.10. The van der Waals surface area contributed by atoms with Crippen LogP contribution in [0.5, 0.6) is 0 Å². The Balaban J connectivity index is 1.60. The summed E-state index contributed by atoms with van der Waals surface area (Å²) in [5, 5.41) is 7.18. The molecule has 2 bridgehead atoms. The fraction of sp³-hybridized carbons (Fsp3) is 0.833. The lowest BCUT2D eigenvalue weighted by molar-refractivity contribution is -0.145. The number of hydrogen-bond acceptors (Lipinski definition) is 5. The van der Waals surface area contributed by atoms with Crippen molar-refractivity contribution < 1.29 is 14.4 Å². The van der Waals surface area contributed by atoms with E-state index in [1.54, 1.807) is 7.11 Å². The third kappa shape index (κ3) is 2.16. The number of piperidine rings is 2. The second-order valence-electron chi connectivity index (χ2n) is 5.36. The molecule has 0 radical (unpaired) electrons. The van der Waals surface area contributed by atoms with Gasteiger partial charge >= 0.3 is 0 Å². The van der Waals surface area contributed by atoms with Crippen molar-refractivity contribution in [2.45, 2.75) is 18.9 Å². The molecule has 0 spiro atoms. The molecule has 6 nitrogen and oxygen atoms in total. The average Bonchev–Trinajstić information content (AvgIpc) is 2.86. The zero-order chi connectivity index (χ0) is 12.5. The third-order valence-electron chi connectivity index (χ3n) is 3.95. The smallest absolute Gasteiger partial charge is 0.267 e. The minimum Gasteiger partial charge on any atom is -0.482 e. The molecule has 0 saturated carbocycles. The van der Waals surface area contributed by atoms with E-state index < -0.39 is 6.10 Å². The number of carbonyl (C=O) groups is 1. The van der Waals surface area contributed by atoms with E-state index in [0.29, 0.717) is 24.2 Å². The number of fused-ring (bicyclic) bond motifs is 2. The number of hydrogen-bond donors (Lipinski definition) is 1. The molecule has 100 valence electrons. The number of rotatable bonds is 1. The maximum atomic E-state index is 12.3. The maximum Gasteiger partial charge on any atom is 0.267 e. The highest BCUT2D eigenvalue weighted by Crippen LogP contribution is 2.26. The Bertz CT molecular complexity index is 360. The first-order chi connectivity index (χ1) is 8.76. The summed E-state index contributed by atoms with van der Waals surface area (Å²) in [6.07, 6.45) is 1.22. The molecule has 6 heteroatoms. The van der Waals surface area contributed by atoms with Crippen LogP contribution in [0, 0.1) is 11.8 Å². The number of methoxy groups -OCH3 is 1. The average molecular weight is 253 g/mol. The van der Waals surface area contributed by atoms with Crippen LogP contribution in [-0.2, 0) is 14.4 Å². The maximum absolute atomic E-state index is 12.3. The predicted octanol–water partition coefficient (Wildman–Crippen LogP) is -0.197. The lowest BCUT2D eigenvalue weighted by atomic mass is 9.85. The zero-order valence-electron chi connectivity index (χ0n) is 10.6. The SMILES string of the molecule is COC1=NOC(C(=O)N2CC3CNCC(C3)C2)C1. The number of nitrogens with one attached hydrogen (secondary N) is 1. The molecule has 2 saturated heterocycles. The van der Waals surface area contributed by atoms with Crippen molar-refractivity contribution >= 4 is 11.8 Å². The Morgan fingerprint density at radius 2 is 2.17 bits per heavy atom. The van der Waals surface area contributed by atoms with E-state index in [0.717, 1.165) is 26.2 Å². The molecule has 3 aliphatic heterocycles. The van der Waals surface area contributed by atoms with Gasteiger partial charge in [0.25, 0.3) is 5.91 Å². The summed E-state index contributed by atoms with van der Waals surface area (Å²) in [5.41, 5.74) is 0. The van der Waals surface area contributed by atoms with Crippen LogP contribution in [0.4, 0.5) is 0 Å². The fourth-order valence-corrected chi connectivity index (χ4v) is 3.10. The normalized spacial score (nSPS) is 34.8. The third-order valence-corrected chi connectivity index (χ3v) is 3.95. The van der Waals surface area contributed by atoms with Gasteiger partial charge in [0.2, 0.25) is 12.0 Å². The van der Waals surface area contributed by atoms with Gasteiger partial charge in [0.1, 0.15) is 0 Å². The van der Waals surface area contributed by atoms with Crippen LogP contribution in [-0.4, -0.2) is 56.1 Å².